The average molecular weight is 287 g/mol. The Bertz CT molecular complexity index is 582. The summed E-state index contributed by atoms with van der Waals surface area (Å²) in [6, 6.07) is 9.88. The van der Waals surface area contributed by atoms with Crippen LogP contribution in [-0.2, 0) is 4.84 Å². The fourth-order valence-corrected chi connectivity index (χ4v) is 1.72. The van der Waals surface area contributed by atoms with Gasteiger partial charge in [-0.05, 0) is 50.5 Å². The third kappa shape index (κ3) is 4.65. The molecule has 0 bridgehead atoms. The first-order chi connectivity index (χ1) is 10.2. The first-order valence-corrected chi connectivity index (χ1v) is 6.68. The lowest BCUT2D eigenvalue weighted by atomic mass is 10.0. The summed E-state index contributed by atoms with van der Waals surface area (Å²) < 4.78 is 13.1. The van der Waals surface area contributed by atoms with Crippen LogP contribution in [0.25, 0.3) is 0 Å². The highest BCUT2D eigenvalue weighted by Gasteiger charge is 2.08. The Morgan fingerprint density at radius 1 is 1.19 bits per heavy atom. The van der Waals surface area contributed by atoms with Gasteiger partial charge in [0, 0.05) is 30.1 Å². The van der Waals surface area contributed by atoms with Crippen molar-refractivity contribution in [1.82, 2.24) is 9.88 Å². The highest BCUT2D eigenvalue weighted by Crippen LogP contribution is 2.11. The van der Waals surface area contributed by atoms with E-state index in [1.165, 1.54) is 12.1 Å². The predicted octanol–water partition coefficient (Wildman–Crippen LogP) is 2.55. The number of hydrogen-bond donors (Lipinski definition) is 0. The van der Waals surface area contributed by atoms with Gasteiger partial charge in [0.1, 0.15) is 18.1 Å². The summed E-state index contributed by atoms with van der Waals surface area (Å²) in [5.41, 5.74) is 2.25. The minimum Gasteiger partial charge on any atom is -0.394 e. The molecule has 0 radical (unpaired) electrons. The first-order valence-electron chi connectivity index (χ1n) is 6.68. The Morgan fingerprint density at radius 2 is 1.95 bits per heavy atom. The zero-order valence-corrected chi connectivity index (χ0v) is 12.2. The quantitative estimate of drug-likeness (QED) is 0.465. The van der Waals surface area contributed by atoms with Crippen molar-refractivity contribution in [3.8, 4) is 0 Å². The highest BCUT2D eigenvalue weighted by atomic mass is 19.1. The van der Waals surface area contributed by atoms with Gasteiger partial charge in [0.05, 0.1) is 0 Å². The lowest BCUT2D eigenvalue weighted by Crippen LogP contribution is -2.17. The third-order valence-electron chi connectivity index (χ3n) is 2.84. The maximum atomic E-state index is 13.1. The number of nitrogens with zero attached hydrogens (tertiary/aromatic N) is 3. The molecule has 0 aliphatic heterocycles. The molecule has 0 aliphatic carbocycles. The van der Waals surface area contributed by atoms with Crippen LogP contribution in [0.3, 0.4) is 0 Å². The van der Waals surface area contributed by atoms with E-state index in [1.54, 1.807) is 24.5 Å². The molecular formula is C16H18FN3O. The van der Waals surface area contributed by atoms with Gasteiger partial charge in [0.15, 0.2) is 0 Å². The number of oxime groups is 1. The molecule has 0 amide bonds. The Balaban J connectivity index is 2.22. The highest BCUT2D eigenvalue weighted by molar-refractivity contribution is 6.12. The average Bonchev–Trinajstić information content (AvgIpc) is 2.49. The van der Waals surface area contributed by atoms with Crippen molar-refractivity contribution in [2.24, 2.45) is 5.16 Å². The van der Waals surface area contributed by atoms with Crippen LogP contribution in [0.4, 0.5) is 4.39 Å². The van der Waals surface area contributed by atoms with Gasteiger partial charge < -0.3 is 9.74 Å². The van der Waals surface area contributed by atoms with Gasteiger partial charge in [-0.1, -0.05) is 5.16 Å². The van der Waals surface area contributed by atoms with Crippen LogP contribution in [0, 0.1) is 5.82 Å². The molecule has 1 heterocycles. The maximum absolute atomic E-state index is 13.1. The van der Waals surface area contributed by atoms with E-state index >= 15 is 0 Å². The molecule has 0 saturated heterocycles. The smallest absolute Gasteiger partial charge is 0.129 e. The molecular weight excluding hydrogens is 269 g/mol. The van der Waals surface area contributed by atoms with Gasteiger partial charge in [-0.15, -0.1) is 0 Å². The van der Waals surface area contributed by atoms with Crippen molar-refractivity contribution in [1.29, 1.82) is 0 Å². The van der Waals surface area contributed by atoms with Crippen LogP contribution in [-0.4, -0.2) is 42.8 Å². The van der Waals surface area contributed by atoms with Crippen molar-refractivity contribution < 1.29 is 9.23 Å². The molecule has 0 atom stereocenters. The molecule has 5 heteroatoms. The number of halogens is 1. The van der Waals surface area contributed by atoms with Gasteiger partial charge in [-0.2, -0.15) is 0 Å². The van der Waals surface area contributed by atoms with Crippen LogP contribution in [0.15, 0.2) is 53.9 Å². The molecule has 0 fully saturated rings. The molecule has 1 aromatic heterocycles. The van der Waals surface area contributed by atoms with Gasteiger partial charge in [0.25, 0.3) is 0 Å². The fraction of sp³-hybridized carbons (Fsp3) is 0.250. The minimum absolute atomic E-state index is 0.280. The largest absolute Gasteiger partial charge is 0.394 e. The molecule has 4 nitrogen and oxygen atoms in total. The molecule has 0 saturated carbocycles. The molecule has 1 aromatic carbocycles. The molecule has 110 valence electrons. The monoisotopic (exact) mass is 287 g/mol. The summed E-state index contributed by atoms with van der Waals surface area (Å²) in [6.45, 7) is 1.26. The SMILES string of the molecule is CN(C)CCO/N=C(\c1ccc(F)cc1)c1cccnc1. The van der Waals surface area contributed by atoms with Crippen molar-refractivity contribution in [3.63, 3.8) is 0 Å². The first kappa shape index (κ1) is 15.1. The van der Waals surface area contributed by atoms with Crippen LogP contribution in [0.1, 0.15) is 11.1 Å². The van der Waals surface area contributed by atoms with E-state index in [1.807, 2.05) is 31.1 Å². The zero-order chi connectivity index (χ0) is 15.1. The zero-order valence-electron chi connectivity index (χ0n) is 12.2. The lowest BCUT2D eigenvalue weighted by Gasteiger charge is -2.10. The van der Waals surface area contributed by atoms with E-state index in [-0.39, 0.29) is 5.82 Å². The number of likely N-dealkylation sites (N-methyl/N-ethyl adjacent to an activating group) is 1. The molecule has 0 spiro atoms. The maximum Gasteiger partial charge on any atom is 0.129 e. The Labute approximate surface area is 123 Å². The minimum atomic E-state index is -0.280. The van der Waals surface area contributed by atoms with Crippen LogP contribution < -0.4 is 0 Å². The topological polar surface area (TPSA) is 37.7 Å². The number of pyridine rings is 1. The second-order valence-corrected chi connectivity index (χ2v) is 4.82. The Kier molecular flexibility index (Phi) is 5.40. The van der Waals surface area contributed by atoms with E-state index in [9.17, 15) is 4.39 Å². The molecule has 21 heavy (non-hydrogen) atoms. The van der Waals surface area contributed by atoms with E-state index < -0.39 is 0 Å². The van der Waals surface area contributed by atoms with Crippen molar-refractivity contribution in [2.45, 2.75) is 0 Å². The third-order valence-corrected chi connectivity index (χ3v) is 2.84. The number of benzene rings is 1. The number of aromatic nitrogens is 1. The van der Waals surface area contributed by atoms with E-state index in [4.69, 9.17) is 4.84 Å². The number of rotatable bonds is 6. The normalized spacial score (nSPS) is 11.7. The van der Waals surface area contributed by atoms with Gasteiger partial charge in [-0.25, -0.2) is 4.39 Å². The fourth-order valence-electron chi connectivity index (χ4n) is 1.72. The van der Waals surface area contributed by atoms with Gasteiger partial charge >= 0.3 is 0 Å². The van der Waals surface area contributed by atoms with Gasteiger partial charge in [-0.3, -0.25) is 4.98 Å². The summed E-state index contributed by atoms with van der Waals surface area (Å²) in [7, 11) is 3.93. The molecule has 0 unspecified atom stereocenters. The summed E-state index contributed by atoms with van der Waals surface area (Å²) in [5.74, 6) is -0.280. The van der Waals surface area contributed by atoms with Crippen LogP contribution >= 0.6 is 0 Å². The van der Waals surface area contributed by atoms with E-state index in [0.29, 0.717) is 12.3 Å². The van der Waals surface area contributed by atoms with Crippen LogP contribution in [0.2, 0.25) is 0 Å². The summed E-state index contributed by atoms with van der Waals surface area (Å²) in [4.78, 5) is 11.5. The summed E-state index contributed by atoms with van der Waals surface area (Å²) in [6.07, 6.45) is 3.40. The Morgan fingerprint density at radius 3 is 2.57 bits per heavy atom. The molecule has 0 aliphatic rings. The second kappa shape index (κ2) is 7.50. The summed E-state index contributed by atoms with van der Waals surface area (Å²) >= 11 is 0. The number of hydrogen-bond acceptors (Lipinski definition) is 4. The predicted molar refractivity (Wildman–Crippen MR) is 80.8 cm³/mol. The van der Waals surface area contributed by atoms with Gasteiger partial charge in [0.2, 0.25) is 0 Å². The standard InChI is InChI=1S/C16H18FN3O/c1-20(2)10-11-21-19-16(14-4-3-9-18-12-14)13-5-7-15(17)8-6-13/h3-9,12H,10-11H2,1-2H3/b19-16+. The molecule has 0 N–H and O–H groups in total. The summed E-state index contributed by atoms with van der Waals surface area (Å²) in [5, 5.41) is 4.19. The van der Waals surface area contributed by atoms with E-state index in [2.05, 4.69) is 10.1 Å². The van der Waals surface area contributed by atoms with Crippen LogP contribution in [0.5, 0.6) is 0 Å². The van der Waals surface area contributed by atoms with Crippen molar-refractivity contribution >= 4 is 5.71 Å². The molecule has 2 aromatic rings. The Hall–Kier alpha value is -2.27. The lowest BCUT2D eigenvalue weighted by molar-refractivity contribution is 0.126. The van der Waals surface area contributed by atoms with Crippen molar-refractivity contribution in [3.05, 3.63) is 65.7 Å². The molecule has 2 rings (SSSR count). The van der Waals surface area contributed by atoms with Crippen molar-refractivity contribution in [2.75, 3.05) is 27.2 Å². The van der Waals surface area contributed by atoms with E-state index in [0.717, 1.165) is 17.7 Å². The second-order valence-electron chi connectivity index (χ2n) is 4.82.